The van der Waals surface area contributed by atoms with Gasteiger partial charge in [-0.2, -0.15) is 0 Å². The SMILES string of the molecule is CC(C)(C)c1ccc(C(=O)c2cc(C(C)(C)C)cc(C(C)(C)C)c2O)cc1. The number of hydrogen-bond acceptors (Lipinski definition) is 2. The van der Waals surface area contributed by atoms with E-state index in [1.165, 1.54) is 5.56 Å². The van der Waals surface area contributed by atoms with Crippen molar-refractivity contribution in [2.45, 2.75) is 78.6 Å². The summed E-state index contributed by atoms with van der Waals surface area (Å²) in [7, 11) is 0. The average Bonchev–Trinajstić information content (AvgIpc) is 2.51. The van der Waals surface area contributed by atoms with Crippen molar-refractivity contribution in [2.24, 2.45) is 0 Å². The first-order chi connectivity index (χ1) is 12.1. The second kappa shape index (κ2) is 6.82. The molecule has 0 fully saturated rings. The zero-order chi connectivity index (χ0) is 20.8. The minimum absolute atomic E-state index is 0.0370. The first-order valence-electron chi connectivity index (χ1n) is 9.65. The molecule has 0 atom stereocenters. The smallest absolute Gasteiger partial charge is 0.196 e. The van der Waals surface area contributed by atoms with Crippen LogP contribution in [0.2, 0.25) is 0 Å². The molecule has 2 heteroatoms. The van der Waals surface area contributed by atoms with Crippen molar-refractivity contribution in [3.05, 3.63) is 64.2 Å². The van der Waals surface area contributed by atoms with E-state index >= 15 is 0 Å². The average molecular weight is 367 g/mol. The molecule has 0 aromatic heterocycles. The Labute approximate surface area is 164 Å². The van der Waals surface area contributed by atoms with Crippen molar-refractivity contribution < 1.29 is 9.90 Å². The van der Waals surface area contributed by atoms with Crippen LogP contribution in [0.1, 0.15) is 94.9 Å². The van der Waals surface area contributed by atoms with E-state index in [0.717, 1.165) is 11.1 Å². The molecule has 0 saturated carbocycles. The molecule has 2 aromatic rings. The molecular weight excluding hydrogens is 332 g/mol. The van der Waals surface area contributed by atoms with Gasteiger partial charge < -0.3 is 5.11 Å². The van der Waals surface area contributed by atoms with Crippen LogP contribution in [0, 0.1) is 0 Å². The second-order valence-corrected chi connectivity index (χ2v) is 10.6. The van der Waals surface area contributed by atoms with E-state index in [1.54, 1.807) is 0 Å². The van der Waals surface area contributed by atoms with Gasteiger partial charge >= 0.3 is 0 Å². The number of carbonyl (C=O) groups is 1. The van der Waals surface area contributed by atoms with Crippen LogP contribution in [-0.2, 0) is 16.2 Å². The van der Waals surface area contributed by atoms with Crippen LogP contribution in [0.3, 0.4) is 0 Å². The second-order valence-electron chi connectivity index (χ2n) is 10.6. The molecule has 146 valence electrons. The lowest BCUT2D eigenvalue weighted by Crippen LogP contribution is -2.19. The highest BCUT2D eigenvalue weighted by Gasteiger charge is 2.27. The molecule has 0 radical (unpaired) electrons. The number of benzene rings is 2. The molecule has 27 heavy (non-hydrogen) atoms. The van der Waals surface area contributed by atoms with Crippen molar-refractivity contribution in [1.82, 2.24) is 0 Å². The standard InChI is InChI=1S/C25H34O2/c1-23(2,3)17-12-10-16(11-13-17)21(26)19-14-18(24(4,5)6)15-20(22(19)27)25(7,8)9/h10-15,27H,1-9H3. The first kappa shape index (κ1) is 21.2. The van der Waals surface area contributed by atoms with Gasteiger partial charge in [0.1, 0.15) is 5.75 Å². The predicted molar refractivity (Wildman–Crippen MR) is 114 cm³/mol. The van der Waals surface area contributed by atoms with Crippen molar-refractivity contribution >= 4 is 5.78 Å². The van der Waals surface area contributed by atoms with Gasteiger partial charge in [-0.3, -0.25) is 4.79 Å². The molecule has 0 bridgehead atoms. The van der Waals surface area contributed by atoms with Crippen LogP contribution in [-0.4, -0.2) is 10.9 Å². The Hall–Kier alpha value is -2.09. The van der Waals surface area contributed by atoms with Crippen LogP contribution in [0.15, 0.2) is 36.4 Å². The third-order valence-corrected chi connectivity index (χ3v) is 5.04. The third kappa shape index (κ3) is 4.61. The number of ketones is 1. The molecule has 0 spiro atoms. The fourth-order valence-electron chi connectivity index (χ4n) is 3.09. The van der Waals surface area contributed by atoms with Gasteiger partial charge in [-0.1, -0.05) is 92.6 Å². The zero-order valence-electron chi connectivity index (χ0n) is 18.3. The van der Waals surface area contributed by atoms with E-state index < -0.39 is 0 Å². The third-order valence-electron chi connectivity index (χ3n) is 5.04. The van der Waals surface area contributed by atoms with E-state index in [-0.39, 0.29) is 27.8 Å². The summed E-state index contributed by atoms with van der Waals surface area (Å²) < 4.78 is 0. The Morgan fingerprint density at radius 2 is 1.19 bits per heavy atom. The molecule has 0 aliphatic carbocycles. The normalized spacial score (nSPS) is 12.9. The highest BCUT2D eigenvalue weighted by Crippen LogP contribution is 2.38. The van der Waals surface area contributed by atoms with E-state index in [0.29, 0.717) is 11.1 Å². The predicted octanol–water partition coefficient (Wildman–Crippen LogP) is 6.52. The summed E-state index contributed by atoms with van der Waals surface area (Å²) in [4.78, 5) is 13.2. The van der Waals surface area contributed by atoms with Crippen LogP contribution in [0.25, 0.3) is 0 Å². The maximum Gasteiger partial charge on any atom is 0.196 e. The summed E-state index contributed by atoms with van der Waals surface area (Å²) in [5.41, 5.74) is 3.71. The van der Waals surface area contributed by atoms with Crippen molar-refractivity contribution in [3.63, 3.8) is 0 Å². The lowest BCUT2D eigenvalue weighted by molar-refractivity contribution is 0.103. The van der Waals surface area contributed by atoms with Crippen LogP contribution < -0.4 is 0 Å². The fourth-order valence-corrected chi connectivity index (χ4v) is 3.09. The number of phenols is 1. The minimum atomic E-state index is -0.254. The largest absolute Gasteiger partial charge is 0.507 e. The highest BCUT2D eigenvalue weighted by atomic mass is 16.3. The summed E-state index contributed by atoms with van der Waals surface area (Å²) in [6.45, 7) is 19.0. The lowest BCUT2D eigenvalue weighted by Gasteiger charge is -2.27. The van der Waals surface area contributed by atoms with Crippen molar-refractivity contribution in [3.8, 4) is 5.75 Å². The van der Waals surface area contributed by atoms with Gasteiger partial charge in [0.05, 0.1) is 5.56 Å². The first-order valence-corrected chi connectivity index (χ1v) is 9.65. The fraction of sp³-hybridized carbons (Fsp3) is 0.480. The van der Waals surface area contributed by atoms with Crippen molar-refractivity contribution in [1.29, 1.82) is 0 Å². The number of rotatable bonds is 2. The number of hydrogen-bond donors (Lipinski definition) is 1. The Bertz CT molecular complexity index is 836. The molecule has 0 unspecified atom stereocenters. The summed E-state index contributed by atoms with van der Waals surface area (Å²) in [6.07, 6.45) is 0. The maximum atomic E-state index is 13.2. The number of aromatic hydroxyl groups is 1. The Morgan fingerprint density at radius 1 is 0.704 bits per heavy atom. The van der Waals surface area contributed by atoms with Crippen LogP contribution >= 0.6 is 0 Å². The maximum absolute atomic E-state index is 13.2. The summed E-state index contributed by atoms with van der Waals surface area (Å²) in [5.74, 6) is -0.0371. The van der Waals surface area contributed by atoms with Gasteiger partial charge in [-0.05, 0) is 33.4 Å². The van der Waals surface area contributed by atoms with E-state index in [2.05, 4.69) is 62.3 Å². The van der Waals surface area contributed by atoms with Crippen LogP contribution in [0.4, 0.5) is 0 Å². The lowest BCUT2D eigenvalue weighted by atomic mass is 9.78. The van der Waals surface area contributed by atoms with E-state index in [4.69, 9.17) is 0 Å². The summed E-state index contributed by atoms with van der Waals surface area (Å²) in [5, 5.41) is 10.9. The molecule has 0 aliphatic rings. The summed E-state index contributed by atoms with van der Waals surface area (Å²) in [6, 6.07) is 11.6. The molecule has 2 rings (SSSR count). The molecule has 0 aliphatic heterocycles. The number of phenolic OH excluding ortho intramolecular Hbond substituents is 1. The Kier molecular flexibility index (Phi) is 5.35. The topological polar surface area (TPSA) is 37.3 Å². The zero-order valence-corrected chi connectivity index (χ0v) is 18.3. The number of carbonyl (C=O) groups excluding carboxylic acids is 1. The van der Waals surface area contributed by atoms with Gasteiger partial charge in [0.2, 0.25) is 0 Å². The Balaban J connectivity index is 2.61. The molecule has 0 saturated heterocycles. The highest BCUT2D eigenvalue weighted by molar-refractivity contribution is 6.11. The molecule has 2 nitrogen and oxygen atoms in total. The molecule has 2 aromatic carbocycles. The quantitative estimate of drug-likeness (QED) is 0.615. The van der Waals surface area contributed by atoms with Gasteiger partial charge in [0, 0.05) is 11.1 Å². The van der Waals surface area contributed by atoms with Crippen LogP contribution in [0.5, 0.6) is 5.75 Å². The van der Waals surface area contributed by atoms with Gasteiger partial charge in [-0.15, -0.1) is 0 Å². The molecule has 1 N–H and O–H groups in total. The van der Waals surface area contributed by atoms with E-state index in [1.807, 2.05) is 36.4 Å². The van der Waals surface area contributed by atoms with Gasteiger partial charge in [0.15, 0.2) is 5.78 Å². The van der Waals surface area contributed by atoms with Gasteiger partial charge in [0.25, 0.3) is 0 Å². The van der Waals surface area contributed by atoms with Crippen molar-refractivity contribution in [2.75, 3.05) is 0 Å². The van der Waals surface area contributed by atoms with E-state index in [9.17, 15) is 9.90 Å². The molecular formula is C25H34O2. The summed E-state index contributed by atoms with van der Waals surface area (Å²) >= 11 is 0. The molecule has 0 amide bonds. The molecule has 0 heterocycles. The minimum Gasteiger partial charge on any atom is -0.507 e. The Morgan fingerprint density at radius 3 is 1.59 bits per heavy atom. The monoisotopic (exact) mass is 366 g/mol. The van der Waals surface area contributed by atoms with Gasteiger partial charge in [-0.25, -0.2) is 0 Å².